The molecular weight excluding hydrogens is 272 g/mol. The topological polar surface area (TPSA) is 25.4 Å². The van der Waals surface area contributed by atoms with Crippen molar-refractivity contribution >= 4 is 5.69 Å². The van der Waals surface area contributed by atoms with Crippen LogP contribution in [0, 0.1) is 6.92 Å². The Morgan fingerprint density at radius 2 is 1.82 bits per heavy atom. The van der Waals surface area contributed by atoms with Crippen molar-refractivity contribution in [2.45, 2.75) is 85.5 Å². The van der Waals surface area contributed by atoms with Crippen LogP contribution in [0.5, 0.6) is 0 Å². The molecule has 2 heterocycles. The molecule has 1 aromatic rings. The Bertz CT molecular complexity index is 524. The highest BCUT2D eigenvalue weighted by atomic mass is 16.5. The first-order chi connectivity index (χ1) is 10.2. The average Bonchev–Trinajstić information content (AvgIpc) is 2.41. The SMILES string of the molecule is Cc1ncc(C(C)C)c2c1[C@@H](C)[C@@H](C)O[C@@H](C)CN2C(C)C. The zero-order valence-electron chi connectivity index (χ0n) is 15.5. The molecule has 2 rings (SSSR count). The molecule has 0 fully saturated rings. The van der Waals surface area contributed by atoms with Gasteiger partial charge in [-0.05, 0) is 46.1 Å². The number of hydrogen-bond donors (Lipinski definition) is 0. The smallest absolute Gasteiger partial charge is 0.0725 e. The second-order valence-corrected chi connectivity index (χ2v) is 7.40. The van der Waals surface area contributed by atoms with Crippen LogP contribution in [0.15, 0.2) is 6.20 Å². The lowest BCUT2D eigenvalue weighted by Gasteiger charge is -2.41. The molecule has 1 aliphatic heterocycles. The van der Waals surface area contributed by atoms with Crippen LogP contribution >= 0.6 is 0 Å². The maximum absolute atomic E-state index is 6.23. The van der Waals surface area contributed by atoms with Gasteiger partial charge in [0.05, 0.1) is 12.2 Å². The van der Waals surface area contributed by atoms with Crippen molar-refractivity contribution < 1.29 is 4.74 Å². The molecule has 0 bridgehead atoms. The van der Waals surface area contributed by atoms with Crippen LogP contribution < -0.4 is 4.90 Å². The van der Waals surface area contributed by atoms with E-state index >= 15 is 0 Å². The van der Waals surface area contributed by atoms with Gasteiger partial charge in [-0.3, -0.25) is 4.98 Å². The molecule has 0 aliphatic carbocycles. The Hall–Kier alpha value is -1.09. The maximum atomic E-state index is 6.23. The maximum Gasteiger partial charge on any atom is 0.0725 e. The van der Waals surface area contributed by atoms with Crippen molar-refractivity contribution in [2.75, 3.05) is 11.4 Å². The summed E-state index contributed by atoms with van der Waals surface area (Å²) in [6.45, 7) is 18.8. The number of fused-ring (bicyclic) bond motifs is 1. The quantitative estimate of drug-likeness (QED) is 0.796. The Morgan fingerprint density at radius 1 is 1.18 bits per heavy atom. The van der Waals surface area contributed by atoms with Crippen molar-refractivity contribution in [1.29, 1.82) is 0 Å². The van der Waals surface area contributed by atoms with E-state index in [2.05, 4.69) is 66.5 Å². The van der Waals surface area contributed by atoms with Crippen LogP contribution in [-0.2, 0) is 4.74 Å². The molecule has 0 spiro atoms. The van der Waals surface area contributed by atoms with Gasteiger partial charge in [0, 0.05) is 41.6 Å². The van der Waals surface area contributed by atoms with E-state index in [1.165, 1.54) is 16.8 Å². The minimum absolute atomic E-state index is 0.214. The molecule has 0 unspecified atom stereocenters. The molecular formula is C19H32N2O. The van der Waals surface area contributed by atoms with E-state index in [-0.39, 0.29) is 12.2 Å². The number of pyridine rings is 1. The monoisotopic (exact) mass is 304 g/mol. The molecule has 0 radical (unpaired) electrons. The van der Waals surface area contributed by atoms with E-state index in [0.717, 1.165) is 12.2 Å². The lowest BCUT2D eigenvalue weighted by atomic mass is 9.87. The molecule has 3 atom stereocenters. The largest absolute Gasteiger partial charge is 0.373 e. The molecule has 0 amide bonds. The van der Waals surface area contributed by atoms with Gasteiger partial charge >= 0.3 is 0 Å². The number of aryl methyl sites for hydroxylation is 1. The van der Waals surface area contributed by atoms with E-state index in [1.807, 2.05) is 0 Å². The van der Waals surface area contributed by atoms with Crippen LogP contribution in [0.3, 0.4) is 0 Å². The van der Waals surface area contributed by atoms with Gasteiger partial charge in [-0.15, -0.1) is 0 Å². The van der Waals surface area contributed by atoms with Gasteiger partial charge in [0.1, 0.15) is 0 Å². The van der Waals surface area contributed by atoms with Crippen molar-refractivity contribution in [3.8, 4) is 0 Å². The summed E-state index contributed by atoms with van der Waals surface area (Å²) in [6.07, 6.45) is 2.53. The van der Waals surface area contributed by atoms with Crippen molar-refractivity contribution in [3.05, 3.63) is 23.0 Å². The standard InChI is InChI=1S/C19H32N2O/c1-11(2)17-9-20-15(7)18-14(6)16(8)22-13(5)10-21(12(3)4)19(17)18/h9,11-14,16H,10H2,1-8H3/t13-,14-,16+/m0/s1. The number of rotatable bonds is 2. The van der Waals surface area contributed by atoms with Crippen LogP contribution in [-0.4, -0.2) is 29.8 Å². The zero-order chi connectivity index (χ0) is 16.6. The predicted molar refractivity (Wildman–Crippen MR) is 94.0 cm³/mol. The third kappa shape index (κ3) is 3.15. The van der Waals surface area contributed by atoms with Gasteiger partial charge in [-0.1, -0.05) is 20.8 Å². The number of aromatic nitrogens is 1. The summed E-state index contributed by atoms with van der Waals surface area (Å²) in [5.74, 6) is 0.825. The van der Waals surface area contributed by atoms with Gasteiger partial charge in [0.25, 0.3) is 0 Å². The molecule has 0 saturated carbocycles. The first-order valence-corrected chi connectivity index (χ1v) is 8.65. The lowest BCUT2D eigenvalue weighted by molar-refractivity contribution is -0.00274. The normalized spacial score (nSPS) is 26.1. The summed E-state index contributed by atoms with van der Waals surface area (Å²) >= 11 is 0. The van der Waals surface area contributed by atoms with Gasteiger partial charge < -0.3 is 9.64 Å². The highest BCUT2D eigenvalue weighted by Gasteiger charge is 2.31. The number of ether oxygens (including phenoxy) is 1. The Morgan fingerprint density at radius 3 is 2.36 bits per heavy atom. The number of anilines is 1. The first-order valence-electron chi connectivity index (χ1n) is 8.65. The molecule has 0 saturated heterocycles. The molecule has 3 heteroatoms. The summed E-state index contributed by atoms with van der Waals surface area (Å²) in [5, 5.41) is 0. The molecule has 22 heavy (non-hydrogen) atoms. The van der Waals surface area contributed by atoms with Crippen molar-refractivity contribution in [3.63, 3.8) is 0 Å². The Labute approximate surface area is 136 Å². The van der Waals surface area contributed by atoms with Crippen LogP contribution in [0.4, 0.5) is 5.69 Å². The van der Waals surface area contributed by atoms with Gasteiger partial charge in [0.2, 0.25) is 0 Å². The minimum Gasteiger partial charge on any atom is -0.373 e. The average molecular weight is 304 g/mol. The highest BCUT2D eigenvalue weighted by Crippen LogP contribution is 2.40. The molecule has 0 N–H and O–H groups in total. The van der Waals surface area contributed by atoms with E-state index < -0.39 is 0 Å². The van der Waals surface area contributed by atoms with Crippen LogP contribution in [0.2, 0.25) is 0 Å². The molecule has 124 valence electrons. The van der Waals surface area contributed by atoms with E-state index in [1.54, 1.807) is 0 Å². The fraction of sp³-hybridized carbons (Fsp3) is 0.737. The predicted octanol–water partition coefficient (Wildman–Crippen LogP) is 4.64. The Balaban J connectivity index is 2.73. The van der Waals surface area contributed by atoms with E-state index in [0.29, 0.717) is 17.9 Å². The minimum atomic E-state index is 0.214. The highest BCUT2D eigenvalue weighted by molar-refractivity contribution is 5.63. The van der Waals surface area contributed by atoms with E-state index in [9.17, 15) is 0 Å². The van der Waals surface area contributed by atoms with Crippen molar-refractivity contribution in [2.24, 2.45) is 0 Å². The summed E-state index contributed by atoms with van der Waals surface area (Å²) in [6, 6.07) is 0.449. The Kier molecular flexibility index (Phi) is 5.16. The fourth-order valence-electron chi connectivity index (χ4n) is 3.51. The first kappa shape index (κ1) is 17.3. The van der Waals surface area contributed by atoms with Gasteiger partial charge in [0.15, 0.2) is 0 Å². The molecule has 1 aromatic heterocycles. The van der Waals surface area contributed by atoms with Gasteiger partial charge in [-0.2, -0.15) is 0 Å². The number of hydrogen-bond acceptors (Lipinski definition) is 3. The van der Waals surface area contributed by atoms with E-state index in [4.69, 9.17) is 9.72 Å². The third-order valence-corrected chi connectivity index (χ3v) is 4.91. The summed E-state index contributed by atoms with van der Waals surface area (Å²) in [7, 11) is 0. The molecule has 0 aromatic carbocycles. The fourth-order valence-corrected chi connectivity index (χ4v) is 3.51. The lowest BCUT2D eigenvalue weighted by Crippen LogP contribution is -2.43. The molecule has 3 nitrogen and oxygen atoms in total. The van der Waals surface area contributed by atoms with Crippen molar-refractivity contribution in [1.82, 2.24) is 4.98 Å². The summed E-state index contributed by atoms with van der Waals surface area (Å²) in [4.78, 5) is 7.22. The summed E-state index contributed by atoms with van der Waals surface area (Å²) < 4.78 is 6.23. The second kappa shape index (κ2) is 6.57. The van der Waals surface area contributed by atoms with Crippen LogP contribution in [0.25, 0.3) is 0 Å². The van der Waals surface area contributed by atoms with Crippen LogP contribution in [0.1, 0.15) is 77.1 Å². The third-order valence-electron chi connectivity index (χ3n) is 4.91. The molecule has 1 aliphatic rings. The second-order valence-electron chi connectivity index (χ2n) is 7.40. The van der Waals surface area contributed by atoms with Gasteiger partial charge in [-0.25, -0.2) is 0 Å². The zero-order valence-corrected chi connectivity index (χ0v) is 15.5. The number of nitrogens with zero attached hydrogens (tertiary/aromatic N) is 2. The summed E-state index contributed by atoms with van der Waals surface area (Å²) in [5.41, 5.74) is 5.29.